The van der Waals surface area contributed by atoms with Crippen LogP contribution < -0.4 is 14.8 Å². The van der Waals surface area contributed by atoms with Gasteiger partial charge in [-0.25, -0.2) is 0 Å². The van der Waals surface area contributed by atoms with E-state index in [-0.39, 0.29) is 18.4 Å². The molecule has 25 heavy (non-hydrogen) atoms. The van der Waals surface area contributed by atoms with Gasteiger partial charge in [0, 0.05) is 18.5 Å². The standard InChI is InChI=1S/C18H16Cl3NO3/c19-13-6-15(21)17(7-14(13)20)25-10-18(23)22-8-11-5-12-3-1-2-4-16(12)24-9-11/h1-4,6-7,11H,5,8-10H2,(H,22,23). The van der Waals surface area contributed by atoms with Crippen molar-refractivity contribution in [2.24, 2.45) is 5.92 Å². The van der Waals surface area contributed by atoms with E-state index in [1.165, 1.54) is 12.1 Å². The third kappa shape index (κ3) is 4.72. The minimum atomic E-state index is -0.235. The lowest BCUT2D eigenvalue weighted by Crippen LogP contribution is -2.37. The number of amides is 1. The first kappa shape index (κ1) is 18.2. The molecule has 0 aromatic heterocycles. The van der Waals surface area contributed by atoms with E-state index >= 15 is 0 Å². The van der Waals surface area contributed by atoms with Crippen LogP contribution in [-0.4, -0.2) is 25.7 Å². The van der Waals surface area contributed by atoms with Crippen LogP contribution in [0.5, 0.6) is 11.5 Å². The number of fused-ring (bicyclic) bond motifs is 1. The van der Waals surface area contributed by atoms with Crippen molar-refractivity contribution >= 4 is 40.7 Å². The second-order valence-corrected chi connectivity index (χ2v) is 7.00. The summed E-state index contributed by atoms with van der Waals surface area (Å²) in [5.41, 5.74) is 1.16. The highest BCUT2D eigenvalue weighted by molar-refractivity contribution is 6.43. The average molecular weight is 401 g/mol. The molecule has 0 radical (unpaired) electrons. The maximum absolute atomic E-state index is 12.0. The first-order valence-electron chi connectivity index (χ1n) is 7.77. The lowest BCUT2D eigenvalue weighted by atomic mass is 9.97. The summed E-state index contributed by atoms with van der Waals surface area (Å²) in [7, 11) is 0. The second kappa shape index (κ2) is 8.17. The number of para-hydroxylation sites is 1. The molecule has 1 amide bonds. The predicted octanol–water partition coefficient (Wildman–Crippen LogP) is 4.39. The third-order valence-electron chi connectivity index (χ3n) is 3.88. The van der Waals surface area contributed by atoms with Crippen molar-refractivity contribution in [3.05, 3.63) is 57.0 Å². The van der Waals surface area contributed by atoms with Crippen molar-refractivity contribution in [3.8, 4) is 11.5 Å². The topological polar surface area (TPSA) is 47.6 Å². The lowest BCUT2D eigenvalue weighted by molar-refractivity contribution is -0.123. The number of carbonyl (C=O) groups is 1. The zero-order chi connectivity index (χ0) is 17.8. The molecule has 132 valence electrons. The highest BCUT2D eigenvalue weighted by atomic mass is 35.5. The van der Waals surface area contributed by atoms with Gasteiger partial charge in [-0.1, -0.05) is 53.0 Å². The maximum atomic E-state index is 12.0. The maximum Gasteiger partial charge on any atom is 0.257 e. The number of hydrogen-bond acceptors (Lipinski definition) is 3. The number of halogens is 3. The van der Waals surface area contributed by atoms with Gasteiger partial charge in [0.05, 0.1) is 21.7 Å². The van der Waals surface area contributed by atoms with Gasteiger partial charge < -0.3 is 14.8 Å². The van der Waals surface area contributed by atoms with E-state index in [1.807, 2.05) is 24.3 Å². The molecule has 0 aliphatic carbocycles. The van der Waals surface area contributed by atoms with E-state index in [1.54, 1.807) is 0 Å². The van der Waals surface area contributed by atoms with Crippen LogP contribution in [0.25, 0.3) is 0 Å². The number of hydrogen-bond donors (Lipinski definition) is 1. The van der Waals surface area contributed by atoms with Crippen molar-refractivity contribution in [2.75, 3.05) is 19.8 Å². The minimum Gasteiger partial charge on any atom is -0.493 e. The number of benzene rings is 2. The average Bonchev–Trinajstić information content (AvgIpc) is 2.61. The normalized spacial score (nSPS) is 15.9. The molecule has 1 aliphatic heterocycles. The number of ether oxygens (including phenoxy) is 2. The Bertz CT molecular complexity index is 782. The molecule has 2 aromatic carbocycles. The zero-order valence-corrected chi connectivity index (χ0v) is 15.5. The van der Waals surface area contributed by atoms with Crippen LogP contribution in [0.3, 0.4) is 0 Å². The van der Waals surface area contributed by atoms with Crippen molar-refractivity contribution < 1.29 is 14.3 Å². The molecule has 3 rings (SSSR count). The van der Waals surface area contributed by atoms with Crippen molar-refractivity contribution in [1.82, 2.24) is 5.32 Å². The summed E-state index contributed by atoms with van der Waals surface area (Å²) in [6.45, 7) is 0.949. The lowest BCUT2D eigenvalue weighted by Gasteiger charge is -2.25. The second-order valence-electron chi connectivity index (χ2n) is 5.78. The van der Waals surface area contributed by atoms with E-state index in [0.717, 1.165) is 17.7 Å². The van der Waals surface area contributed by atoms with Gasteiger partial charge in [0.1, 0.15) is 11.5 Å². The van der Waals surface area contributed by atoms with Crippen LogP contribution in [0.4, 0.5) is 0 Å². The molecule has 1 heterocycles. The minimum absolute atomic E-state index is 0.151. The van der Waals surface area contributed by atoms with Gasteiger partial charge >= 0.3 is 0 Å². The van der Waals surface area contributed by atoms with Crippen molar-refractivity contribution in [2.45, 2.75) is 6.42 Å². The molecule has 1 N–H and O–H groups in total. The molecule has 1 atom stereocenters. The van der Waals surface area contributed by atoms with Crippen LogP contribution in [0, 0.1) is 5.92 Å². The van der Waals surface area contributed by atoms with Gasteiger partial charge in [0.25, 0.3) is 5.91 Å². The molecule has 0 saturated carbocycles. The Morgan fingerprint density at radius 1 is 1.16 bits per heavy atom. The Labute approximate surface area is 161 Å². The Kier molecular flexibility index (Phi) is 5.94. The predicted molar refractivity (Wildman–Crippen MR) is 99.1 cm³/mol. The molecule has 1 unspecified atom stereocenters. The fraction of sp³-hybridized carbons (Fsp3) is 0.278. The molecule has 0 fully saturated rings. The van der Waals surface area contributed by atoms with Gasteiger partial charge in [-0.2, -0.15) is 0 Å². The molecule has 2 aromatic rings. The van der Waals surface area contributed by atoms with Gasteiger partial charge in [-0.3, -0.25) is 4.79 Å². The summed E-state index contributed by atoms with van der Waals surface area (Å²) in [6, 6.07) is 10.9. The molecular weight excluding hydrogens is 385 g/mol. The number of rotatable bonds is 5. The van der Waals surface area contributed by atoms with Crippen LogP contribution in [-0.2, 0) is 11.2 Å². The molecule has 4 nitrogen and oxygen atoms in total. The van der Waals surface area contributed by atoms with Gasteiger partial charge in [-0.05, 0) is 24.1 Å². The van der Waals surface area contributed by atoms with Crippen molar-refractivity contribution in [3.63, 3.8) is 0 Å². The summed E-state index contributed by atoms with van der Waals surface area (Å²) in [5, 5.41) is 3.81. The molecule has 7 heteroatoms. The Balaban J connectivity index is 1.47. The highest BCUT2D eigenvalue weighted by Crippen LogP contribution is 2.33. The summed E-state index contributed by atoms with van der Waals surface area (Å²) in [4.78, 5) is 12.0. The number of nitrogens with one attached hydrogen (secondary N) is 1. The third-order valence-corrected chi connectivity index (χ3v) is 4.89. The van der Waals surface area contributed by atoms with Crippen LogP contribution in [0.1, 0.15) is 5.56 Å². The van der Waals surface area contributed by atoms with Crippen LogP contribution >= 0.6 is 34.8 Å². The fourth-order valence-electron chi connectivity index (χ4n) is 2.59. The Morgan fingerprint density at radius 2 is 1.92 bits per heavy atom. The summed E-state index contributed by atoms with van der Waals surface area (Å²) in [5.74, 6) is 1.23. The molecule has 0 bridgehead atoms. The molecule has 0 saturated heterocycles. The smallest absolute Gasteiger partial charge is 0.257 e. The van der Waals surface area contributed by atoms with E-state index in [0.29, 0.717) is 34.0 Å². The fourth-order valence-corrected chi connectivity index (χ4v) is 3.18. The largest absolute Gasteiger partial charge is 0.493 e. The first-order chi connectivity index (χ1) is 12.0. The Hall–Kier alpha value is -1.62. The zero-order valence-electron chi connectivity index (χ0n) is 13.2. The SMILES string of the molecule is O=C(COc1cc(Cl)c(Cl)cc1Cl)NCC1COc2ccccc2C1. The van der Waals surface area contributed by atoms with Gasteiger partial charge in [0.2, 0.25) is 0 Å². The van der Waals surface area contributed by atoms with Crippen molar-refractivity contribution in [1.29, 1.82) is 0 Å². The molecule has 1 aliphatic rings. The first-order valence-corrected chi connectivity index (χ1v) is 8.91. The monoisotopic (exact) mass is 399 g/mol. The van der Waals surface area contributed by atoms with Crippen LogP contribution in [0.15, 0.2) is 36.4 Å². The molecular formula is C18H16Cl3NO3. The molecule has 0 spiro atoms. The van der Waals surface area contributed by atoms with E-state index < -0.39 is 0 Å². The van der Waals surface area contributed by atoms with Crippen LogP contribution in [0.2, 0.25) is 15.1 Å². The van der Waals surface area contributed by atoms with Gasteiger partial charge in [0.15, 0.2) is 6.61 Å². The quantitative estimate of drug-likeness (QED) is 0.757. The highest BCUT2D eigenvalue weighted by Gasteiger charge is 2.20. The summed E-state index contributed by atoms with van der Waals surface area (Å²) >= 11 is 17.8. The van der Waals surface area contributed by atoms with E-state index in [4.69, 9.17) is 44.3 Å². The summed E-state index contributed by atoms with van der Waals surface area (Å²) < 4.78 is 11.1. The van der Waals surface area contributed by atoms with E-state index in [2.05, 4.69) is 5.32 Å². The summed E-state index contributed by atoms with van der Waals surface area (Å²) in [6.07, 6.45) is 0.871. The van der Waals surface area contributed by atoms with E-state index in [9.17, 15) is 4.79 Å². The van der Waals surface area contributed by atoms with Gasteiger partial charge in [-0.15, -0.1) is 0 Å². The number of carbonyl (C=O) groups excluding carboxylic acids is 1. The Morgan fingerprint density at radius 3 is 2.76 bits per heavy atom.